The van der Waals surface area contributed by atoms with Gasteiger partial charge in [0.15, 0.2) is 0 Å². The van der Waals surface area contributed by atoms with E-state index in [1.807, 2.05) is 0 Å². The minimum atomic E-state index is -4.62. The van der Waals surface area contributed by atoms with Gasteiger partial charge in [0, 0.05) is 10.5 Å². The predicted octanol–water partition coefficient (Wildman–Crippen LogP) is 4.49. The maximum Gasteiger partial charge on any atom is 0.429 e. The molecule has 1 atom stereocenters. The van der Waals surface area contributed by atoms with Crippen molar-refractivity contribution in [2.75, 3.05) is 0 Å². The first-order valence-corrected chi connectivity index (χ1v) is 7.04. The molecule has 1 aromatic carbocycles. The molecule has 0 saturated heterocycles. The van der Waals surface area contributed by atoms with Crippen LogP contribution in [0.2, 0.25) is 0 Å². The van der Waals surface area contributed by atoms with Crippen molar-refractivity contribution in [3.05, 3.63) is 53.3 Å². The number of hydrogen-bond donors (Lipinski definition) is 0. The number of alkyl halides is 3. The van der Waals surface area contributed by atoms with Gasteiger partial charge in [0.1, 0.15) is 5.76 Å². The van der Waals surface area contributed by atoms with Crippen molar-refractivity contribution in [2.45, 2.75) is 31.0 Å². The Morgan fingerprint density at radius 1 is 1.29 bits per heavy atom. The lowest BCUT2D eigenvalue weighted by Gasteiger charge is -2.17. The molecular formula is C15H13F3O2S. The van der Waals surface area contributed by atoms with E-state index in [4.69, 9.17) is 4.74 Å². The second-order valence-corrected chi connectivity index (χ2v) is 5.48. The number of carbonyl (C=O) groups excluding carboxylic acids is 1. The number of benzene rings is 1. The van der Waals surface area contributed by atoms with E-state index in [0.29, 0.717) is 4.90 Å². The zero-order chi connectivity index (χ0) is 15.6. The molecule has 1 unspecified atom stereocenters. The fourth-order valence-corrected chi connectivity index (χ4v) is 2.91. The van der Waals surface area contributed by atoms with Gasteiger partial charge in [-0.25, -0.2) is 0 Å². The third-order valence-electron chi connectivity index (χ3n) is 3.01. The number of carbonyl (C=O) groups is 1. The summed E-state index contributed by atoms with van der Waals surface area (Å²) < 4.78 is 44.0. The van der Waals surface area contributed by atoms with E-state index in [1.165, 1.54) is 13.0 Å². The third-order valence-corrected chi connectivity index (χ3v) is 3.93. The van der Waals surface area contributed by atoms with Crippen LogP contribution in [0.1, 0.15) is 13.8 Å². The van der Waals surface area contributed by atoms with Crippen LogP contribution >= 0.6 is 11.8 Å². The number of thioether (sulfide) groups is 1. The van der Waals surface area contributed by atoms with Gasteiger partial charge >= 0.3 is 6.18 Å². The summed E-state index contributed by atoms with van der Waals surface area (Å²) in [6, 6.07) is 8.57. The minimum Gasteiger partial charge on any atom is -0.476 e. The Bertz CT molecular complexity index is 603. The molecule has 21 heavy (non-hydrogen) atoms. The second kappa shape index (κ2) is 5.97. The Hall–Kier alpha value is -1.69. The van der Waals surface area contributed by atoms with Crippen LogP contribution in [0.5, 0.6) is 0 Å². The lowest BCUT2D eigenvalue weighted by molar-refractivity contribution is -0.192. The van der Waals surface area contributed by atoms with Gasteiger partial charge in [-0.2, -0.15) is 13.2 Å². The van der Waals surface area contributed by atoms with Crippen LogP contribution in [-0.4, -0.2) is 17.4 Å². The molecule has 0 fully saturated rings. The maximum atomic E-state index is 13.0. The van der Waals surface area contributed by atoms with Gasteiger partial charge in [-0.1, -0.05) is 18.2 Å². The Morgan fingerprint density at radius 3 is 2.43 bits per heavy atom. The molecule has 0 saturated carbocycles. The van der Waals surface area contributed by atoms with Crippen LogP contribution in [0.25, 0.3) is 0 Å². The molecule has 0 radical (unpaired) electrons. The van der Waals surface area contributed by atoms with Crippen molar-refractivity contribution in [3.8, 4) is 0 Å². The van der Waals surface area contributed by atoms with Crippen LogP contribution in [0, 0.1) is 0 Å². The van der Waals surface area contributed by atoms with Gasteiger partial charge in [-0.3, -0.25) is 4.79 Å². The maximum absolute atomic E-state index is 13.0. The lowest BCUT2D eigenvalue weighted by Crippen LogP contribution is -2.32. The molecule has 0 amide bonds. The molecule has 0 aliphatic carbocycles. The molecule has 1 aliphatic rings. The van der Waals surface area contributed by atoms with Crippen molar-refractivity contribution in [1.82, 2.24) is 0 Å². The first kappa shape index (κ1) is 15.7. The molecule has 2 nitrogen and oxygen atoms in total. The summed E-state index contributed by atoms with van der Waals surface area (Å²) in [7, 11) is 0. The molecule has 0 spiro atoms. The van der Waals surface area contributed by atoms with Crippen LogP contribution in [0.4, 0.5) is 13.2 Å². The highest BCUT2D eigenvalue weighted by molar-refractivity contribution is 8.14. The smallest absolute Gasteiger partial charge is 0.429 e. The van der Waals surface area contributed by atoms with Gasteiger partial charge in [-0.15, -0.1) is 0 Å². The molecule has 0 aromatic heterocycles. The fraction of sp³-hybridized carbons (Fsp3) is 0.267. The van der Waals surface area contributed by atoms with Gasteiger partial charge < -0.3 is 4.74 Å². The molecule has 2 rings (SSSR count). The summed E-state index contributed by atoms with van der Waals surface area (Å²) in [5.41, 5.74) is -0.0855. The van der Waals surface area contributed by atoms with E-state index < -0.39 is 17.4 Å². The lowest BCUT2D eigenvalue weighted by atomic mass is 10.1. The fourth-order valence-electron chi connectivity index (χ4n) is 2.03. The molecule has 112 valence electrons. The molecular weight excluding hydrogens is 301 g/mol. The first-order chi connectivity index (χ1) is 9.84. The zero-order valence-corrected chi connectivity index (χ0v) is 12.2. The molecule has 1 heterocycles. The number of allylic oxidation sites excluding steroid dienone is 2. The van der Waals surface area contributed by atoms with E-state index in [1.54, 1.807) is 37.3 Å². The Labute approximate surface area is 124 Å². The Kier molecular flexibility index (Phi) is 4.46. The van der Waals surface area contributed by atoms with Crippen LogP contribution in [-0.2, 0) is 9.53 Å². The average Bonchev–Trinajstić information content (AvgIpc) is 2.77. The summed E-state index contributed by atoms with van der Waals surface area (Å²) in [5, 5.41) is -0.641. The van der Waals surface area contributed by atoms with Crippen molar-refractivity contribution in [1.29, 1.82) is 0 Å². The highest BCUT2D eigenvalue weighted by Crippen LogP contribution is 2.42. The van der Waals surface area contributed by atoms with Crippen LogP contribution < -0.4 is 0 Å². The Balaban J connectivity index is 2.33. The number of hydrogen-bond acceptors (Lipinski definition) is 3. The number of rotatable bonds is 2. The monoisotopic (exact) mass is 314 g/mol. The van der Waals surface area contributed by atoms with E-state index >= 15 is 0 Å². The first-order valence-electron chi connectivity index (χ1n) is 6.22. The summed E-state index contributed by atoms with van der Waals surface area (Å²) in [6.45, 7) is 3.05. The van der Waals surface area contributed by atoms with E-state index in [9.17, 15) is 18.0 Å². The number of ether oxygens (including phenoxy) is 1. The zero-order valence-electron chi connectivity index (χ0n) is 11.4. The van der Waals surface area contributed by atoms with E-state index in [2.05, 4.69) is 0 Å². The van der Waals surface area contributed by atoms with Crippen LogP contribution in [0.3, 0.4) is 0 Å². The molecule has 6 heteroatoms. The molecule has 0 bridgehead atoms. The van der Waals surface area contributed by atoms with E-state index in [-0.39, 0.29) is 16.9 Å². The van der Waals surface area contributed by atoms with Crippen molar-refractivity contribution in [2.24, 2.45) is 0 Å². The van der Waals surface area contributed by atoms with Crippen molar-refractivity contribution >= 4 is 16.9 Å². The number of halogens is 3. The van der Waals surface area contributed by atoms with Gasteiger partial charge in [0.2, 0.25) is 11.2 Å². The van der Waals surface area contributed by atoms with Crippen molar-refractivity contribution in [3.63, 3.8) is 0 Å². The van der Waals surface area contributed by atoms with Gasteiger partial charge in [0.25, 0.3) is 0 Å². The highest BCUT2D eigenvalue weighted by Gasteiger charge is 2.51. The summed E-state index contributed by atoms with van der Waals surface area (Å²) >= 11 is 0.773. The summed E-state index contributed by atoms with van der Waals surface area (Å²) in [6.07, 6.45) is -5.37. The predicted molar refractivity (Wildman–Crippen MR) is 74.7 cm³/mol. The average molecular weight is 314 g/mol. The SMILES string of the molecule is C/C=C1\OC(C(F)(F)F)C(C(=O)Sc2ccccc2)=C1C. The van der Waals surface area contributed by atoms with E-state index in [0.717, 1.165) is 11.8 Å². The van der Waals surface area contributed by atoms with Gasteiger partial charge in [0.05, 0.1) is 5.57 Å². The van der Waals surface area contributed by atoms with Crippen molar-refractivity contribution < 1.29 is 22.7 Å². The highest BCUT2D eigenvalue weighted by atomic mass is 32.2. The standard InChI is InChI=1S/C15H13F3O2S/c1-3-11-9(2)12(13(20-11)15(16,17)18)14(19)21-10-7-5-4-6-8-10/h3-8,13H,1-2H3/b11-3-. The van der Waals surface area contributed by atoms with Gasteiger partial charge in [-0.05, 0) is 43.8 Å². The molecule has 1 aliphatic heterocycles. The molecule has 0 N–H and O–H groups in total. The molecule has 1 aromatic rings. The minimum absolute atomic E-state index is 0.106. The summed E-state index contributed by atoms with van der Waals surface area (Å²) in [4.78, 5) is 12.8. The normalized spacial score (nSPS) is 20.8. The third kappa shape index (κ3) is 3.32. The van der Waals surface area contributed by atoms with Crippen LogP contribution in [0.15, 0.2) is 58.2 Å². The Morgan fingerprint density at radius 2 is 1.90 bits per heavy atom. The summed E-state index contributed by atoms with van der Waals surface area (Å²) in [5.74, 6) is 0.106. The second-order valence-electron chi connectivity index (χ2n) is 4.43. The quantitative estimate of drug-likeness (QED) is 0.753. The largest absolute Gasteiger partial charge is 0.476 e. The topological polar surface area (TPSA) is 26.3 Å².